The Kier molecular flexibility index (Phi) is 4.85. The van der Waals surface area contributed by atoms with Crippen LogP contribution in [-0.4, -0.2) is 9.78 Å². The third-order valence-electron chi connectivity index (χ3n) is 2.85. The molecule has 0 aliphatic rings. The molecule has 0 saturated heterocycles. The van der Waals surface area contributed by atoms with Gasteiger partial charge in [0.2, 0.25) is 0 Å². The second kappa shape index (κ2) is 6.50. The van der Waals surface area contributed by atoms with E-state index in [9.17, 15) is 22.4 Å². The third kappa shape index (κ3) is 4.16. The Labute approximate surface area is 136 Å². The lowest BCUT2D eigenvalue weighted by molar-refractivity contribution is -0.139. The van der Waals surface area contributed by atoms with Gasteiger partial charge in [-0.25, -0.2) is 9.07 Å². The summed E-state index contributed by atoms with van der Waals surface area (Å²) in [7, 11) is 0. The highest BCUT2D eigenvalue weighted by Crippen LogP contribution is 2.26. The summed E-state index contributed by atoms with van der Waals surface area (Å²) >= 11 is 3.06. The Bertz CT molecular complexity index is 819. The predicted octanol–water partition coefficient (Wildman–Crippen LogP) is 3.28. The molecule has 0 unspecified atom stereocenters. The van der Waals surface area contributed by atoms with Crippen molar-refractivity contribution in [3.8, 4) is 6.07 Å². The van der Waals surface area contributed by atoms with Gasteiger partial charge in [0.15, 0.2) is 0 Å². The van der Waals surface area contributed by atoms with E-state index < -0.39 is 23.1 Å². The van der Waals surface area contributed by atoms with Crippen molar-refractivity contribution in [3.63, 3.8) is 0 Å². The molecule has 0 radical (unpaired) electrons. The number of halogens is 5. The van der Waals surface area contributed by atoms with Crippen LogP contribution in [0.2, 0.25) is 0 Å². The summed E-state index contributed by atoms with van der Waals surface area (Å²) < 4.78 is 53.1. The molecule has 1 aromatic carbocycles. The molecule has 1 aromatic heterocycles. The zero-order valence-electron chi connectivity index (χ0n) is 11.4. The maximum absolute atomic E-state index is 13.3. The highest BCUT2D eigenvalue weighted by molar-refractivity contribution is 9.10. The van der Waals surface area contributed by atoms with Crippen LogP contribution in [0.3, 0.4) is 0 Å². The predicted molar refractivity (Wildman–Crippen MR) is 76.0 cm³/mol. The second-order valence-corrected chi connectivity index (χ2v) is 5.54. The first-order valence-electron chi connectivity index (χ1n) is 6.21. The summed E-state index contributed by atoms with van der Waals surface area (Å²) in [4.78, 5) is 11.9. The smallest absolute Gasteiger partial charge is 0.267 e. The van der Waals surface area contributed by atoms with E-state index in [4.69, 9.17) is 5.26 Å². The Morgan fingerprint density at radius 1 is 1.26 bits per heavy atom. The van der Waals surface area contributed by atoms with Gasteiger partial charge in [0.25, 0.3) is 5.56 Å². The Morgan fingerprint density at radius 3 is 2.52 bits per heavy atom. The van der Waals surface area contributed by atoms with Crippen LogP contribution in [0.25, 0.3) is 0 Å². The average Bonchev–Trinajstić information content (AvgIpc) is 2.40. The molecule has 1 heterocycles. The van der Waals surface area contributed by atoms with Crippen molar-refractivity contribution in [2.75, 3.05) is 0 Å². The summed E-state index contributed by atoms with van der Waals surface area (Å²) in [6.07, 6.45) is -5.25. The van der Waals surface area contributed by atoms with Gasteiger partial charge in [-0.1, -0.05) is 15.9 Å². The maximum atomic E-state index is 13.3. The molecule has 4 nitrogen and oxygen atoms in total. The zero-order chi connectivity index (χ0) is 17.2. The van der Waals surface area contributed by atoms with E-state index in [0.29, 0.717) is 15.2 Å². The number of hydrogen-bond acceptors (Lipinski definition) is 3. The Hall–Kier alpha value is -2.21. The molecule has 120 valence electrons. The van der Waals surface area contributed by atoms with Crippen molar-refractivity contribution in [3.05, 3.63) is 61.7 Å². The van der Waals surface area contributed by atoms with Crippen LogP contribution in [0.5, 0.6) is 0 Å². The van der Waals surface area contributed by atoms with Crippen LogP contribution in [0.1, 0.15) is 16.8 Å². The quantitative estimate of drug-likeness (QED) is 0.756. The lowest BCUT2D eigenvalue weighted by Crippen LogP contribution is -2.31. The molecule has 0 amide bonds. The SMILES string of the molecule is N#CCc1cc(C(F)(F)F)c(=O)n(Cc2cc(F)cc(Br)c2)n1. The standard InChI is InChI=1S/C14H8BrF4N3O/c15-9-3-8(4-10(16)5-9)7-22-13(23)12(14(17,18)19)6-11(21-22)1-2-20/h3-6H,1,7H2. The van der Waals surface area contributed by atoms with Crippen LogP contribution in [0.4, 0.5) is 17.6 Å². The number of hydrogen-bond donors (Lipinski definition) is 0. The lowest BCUT2D eigenvalue weighted by atomic mass is 10.2. The largest absolute Gasteiger partial charge is 0.421 e. The number of aromatic nitrogens is 2. The van der Waals surface area contributed by atoms with Crippen molar-refractivity contribution < 1.29 is 17.6 Å². The number of benzene rings is 1. The van der Waals surface area contributed by atoms with Crippen LogP contribution >= 0.6 is 15.9 Å². The van der Waals surface area contributed by atoms with Gasteiger partial charge in [-0.15, -0.1) is 0 Å². The third-order valence-corrected chi connectivity index (χ3v) is 3.30. The minimum atomic E-state index is -4.87. The lowest BCUT2D eigenvalue weighted by Gasteiger charge is -2.12. The molecule has 0 spiro atoms. The van der Waals surface area contributed by atoms with Gasteiger partial charge in [0.05, 0.1) is 24.7 Å². The topological polar surface area (TPSA) is 58.7 Å². The molecule has 9 heteroatoms. The monoisotopic (exact) mass is 389 g/mol. The molecular weight excluding hydrogens is 382 g/mol. The molecule has 0 fully saturated rings. The van der Waals surface area contributed by atoms with E-state index in [2.05, 4.69) is 21.0 Å². The second-order valence-electron chi connectivity index (χ2n) is 4.62. The van der Waals surface area contributed by atoms with Gasteiger partial charge in [0, 0.05) is 4.47 Å². The molecule has 2 rings (SSSR count). The van der Waals surface area contributed by atoms with Gasteiger partial charge >= 0.3 is 6.18 Å². The van der Waals surface area contributed by atoms with Gasteiger partial charge < -0.3 is 0 Å². The molecule has 0 N–H and O–H groups in total. The van der Waals surface area contributed by atoms with Crippen LogP contribution in [0, 0.1) is 17.1 Å². The Balaban J connectivity index is 2.55. The molecule has 0 saturated carbocycles. The normalized spacial score (nSPS) is 11.3. The van der Waals surface area contributed by atoms with Crippen molar-refractivity contribution >= 4 is 15.9 Å². The first-order chi connectivity index (χ1) is 10.7. The maximum Gasteiger partial charge on any atom is 0.421 e. The van der Waals surface area contributed by atoms with E-state index in [1.54, 1.807) is 6.07 Å². The van der Waals surface area contributed by atoms with E-state index >= 15 is 0 Å². The van der Waals surface area contributed by atoms with Crippen molar-refractivity contribution in [1.82, 2.24) is 9.78 Å². The number of nitriles is 1. The molecule has 2 aromatic rings. The summed E-state index contributed by atoms with van der Waals surface area (Å²) in [5.74, 6) is -0.605. The summed E-state index contributed by atoms with van der Waals surface area (Å²) in [6, 6.07) is 5.96. The summed E-state index contributed by atoms with van der Waals surface area (Å²) in [5.41, 5.74) is -2.68. The van der Waals surface area contributed by atoms with Crippen LogP contribution in [0.15, 0.2) is 33.5 Å². The fraction of sp³-hybridized carbons (Fsp3) is 0.214. The van der Waals surface area contributed by atoms with Crippen LogP contribution < -0.4 is 5.56 Å². The van der Waals surface area contributed by atoms with E-state index in [1.807, 2.05) is 0 Å². The van der Waals surface area contributed by atoms with Gasteiger partial charge in [-0.2, -0.15) is 23.5 Å². The molecule has 0 atom stereocenters. The van der Waals surface area contributed by atoms with E-state index in [-0.39, 0.29) is 24.2 Å². The molecule has 0 aliphatic carbocycles. The fourth-order valence-corrected chi connectivity index (χ4v) is 2.46. The highest BCUT2D eigenvalue weighted by Gasteiger charge is 2.35. The summed E-state index contributed by atoms with van der Waals surface area (Å²) in [5, 5.41) is 12.4. The first kappa shape index (κ1) is 17.1. The molecule has 0 aliphatic heterocycles. The number of nitrogens with zero attached hydrogens (tertiary/aromatic N) is 3. The number of rotatable bonds is 3. The van der Waals surface area contributed by atoms with Gasteiger partial charge in [0.1, 0.15) is 11.4 Å². The van der Waals surface area contributed by atoms with Gasteiger partial charge in [-0.3, -0.25) is 4.79 Å². The number of alkyl halides is 3. The minimum absolute atomic E-state index is 0.185. The first-order valence-corrected chi connectivity index (χ1v) is 7.00. The minimum Gasteiger partial charge on any atom is -0.267 e. The van der Waals surface area contributed by atoms with E-state index in [1.165, 1.54) is 12.1 Å². The fourth-order valence-electron chi connectivity index (χ4n) is 1.95. The molecule has 23 heavy (non-hydrogen) atoms. The average molecular weight is 390 g/mol. The van der Waals surface area contributed by atoms with Crippen molar-refractivity contribution in [1.29, 1.82) is 5.26 Å². The highest BCUT2D eigenvalue weighted by atomic mass is 79.9. The van der Waals surface area contributed by atoms with E-state index in [0.717, 1.165) is 6.07 Å². The van der Waals surface area contributed by atoms with Crippen molar-refractivity contribution in [2.24, 2.45) is 0 Å². The summed E-state index contributed by atoms with van der Waals surface area (Å²) in [6.45, 7) is -0.350. The van der Waals surface area contributed by atoms with Crippen molar-refractivity contribution in [2.45, 2.75) is 19.1 Å². The zero-order valence-corrected chi connectivity index (χ0v) is 12.9. The van der Waals surface area contributed by atoms with Crippen LogP contribution in [-0.2, 0) is 19.1 Å². The molecular formula is C14H8BrF4N3O. The Morgan fingerprint density at radius 2 is 1.96 bits per heavy atom. The molecule has 0 bridgehead atoms. The van der Waals surface area contributed by atoms with Gasteiger partial charge in [-0.05, 0) is 29.8 Å².